The van der Waals surface area contributed by atoms with E-state index in [1.165, 1.54) is 0 Å². The van der Waals surface area contributed by atoms with Crippen LogP contribution in [0.1, 0.15) is 0 Å². The van der Waals surface area contributed by atoms with Crippen molar-refractivity contribution in [2.75, 3.05) is 5.73 Å². The van der Waals surface area contributed by atoms with E-state index in [1.54, 1.807) is 24.7 Å². The molecule has 0 aromatic carbocycles. The van der Waals surface area contributed by atoms with Gasteiger partial charge >= 0.3 is 0 Å². The van der Waals surface area contributed by atoms with Crippen molar-refractivity contribution < 1.29 is 0 Å². The summed E-state index contributed by atoms with van der Waals surface area (Å²) in [5, 5.41) is 0.336. The molecule has 4 heteroatoms. The monoisotopic (exact) mass is 205 g/mol. The second-order valence-corrected chi connectivity index (χ2v) is 3.20. The number of halogens is 1. The summed E-state index contributed by atoms with van der Waals surface area (Å²) in [5.41, 5.74) is 8.10. The van der Waals surface area contributed by atoms with Gasteiger partial charge in [-0.3, -0.25) is 4.98 Å². The summed E-state index contributed by atoms with van der Waals surface area (Å²) in [6, 6.07) is 5.58. The SMILES string of the molecule is Nc1cc(-c2ccncc2)cnc1Cl. The van der Waals surface area contributed by atoms with Crippen molar-refractivity contribution in [3.63, 3.8) is 0 Å². The quantitative estimate of drug-likeness (QED) is 0.728. The highest BCUT2D eigenvalue weighted by molar-refractivity contribution is 6.31. The largest absolute Gasteiger partial charge is 0.396 e. The molecular weight excluding hydrogens is 198 g/mol. The maximum Gasteiger partial charge on any atom is 0.151 e. The van der Waals surface area contributed by atoms with E-state index in [-0.39, 0.29) is 0 Å². The summed E-state index contributed by atoms with van der Waals surface area (Å²) in [6.45, 7) is 0. The molecule has 14 heavy (non-hydrogen) atoms. The summed E-state index contributed by atoms with van der Waals surface area (Å²) in [7, 11) is 0. The van der Waals surface area contributed by atoms with Gasteiger partial charge in [0.25, 0.3) is 0 Å². The second-order valence-electron chi connectivity index (χ2n) is 2.84. The van der Waals surface area contributed by atoms with E-state index in [0.717, 1.165) is 11.1 Å². The predicted octanol–water partition coefficient (Wildman–Crippen LogP) is 2.38. The Hall–Kier alpha value is -1.61. The molecule has 70 valence electrons. The molecule has 2 N–H and O–H groups in total. The Labute approximate surface area is 86.6 Å². The lowest BCUT2D eigenvalue weighted by Crippen LogP contribution is -1.90. The van der Waals surface area contributed by atoms with Gasteiger partial charge in [-0.15, -0.1) is 0 Å². The zero-order valence-electron chi connectivity index (χ0n) is 7.31. The number of hydrogen-bond acceptors (Lipinski definition) is 3. The average molecular weight is 206 g/mol. The molecule has 2 heterocycles. The van der Waals surface area contributed by atoms with Gasteiger partial charge in [-0.05, 0) is 23.8 Å². The first-order chi connectivity index (χ1) is 6.77. The average Bonchev–Trinajstić information content (AvgIpc) is 2.23. The minimum atomic E-state index is 0.336. The molecule has 0 aliphatic heterocycles. The Morgan fingerprint density at radius 3 is 2.50 bits per heavy atom. The van der Waals surface area contributed by atoms with Crippen LogP contribution in [0.3, 0.4) is 0 Å². The Bertz CT molecular complexity index is 442. The number of aromatic nitrogens is 2. The minimum Gasteiger partial charge on any atom is -0.396 e. The predicted molar refractivity (Wildman–Crippen MR) is 56.9 cm³/mol. The summed E-state index contributed by atoms with van der Waals surface area (Å²) in [5.74, 6) is 0. The molecule has 2 aromatic rings. The van der Waals surface area contributed by atoms with Crippen LogP contribution in [0, 0.1) is 0 Å². The standard InChI is InChI=1S/C10H8ClN3/c11-10-9(12)5-8(6-14-10)7-1-3-13-4-2-7/h1-6H,12H2. The fraction of sp³-hybridized carbons (Fsp3) is 0. The Kier molecular flexibility index (Phi) is 2.33. The second kappa shape index (κ2) is 3.64. The molecule has 0 bridgehead atoms. The molecule has 2 rings (SSSR count). The first-order valence-corrected chi connectivity index (χ1v) is 4.46. The number of nitrogens with zero attached hydrogens (tertiary/aromatic N) is 2. The smallest absolute Gasteiger partial charge is 0.151 e. The van der Waals surface area contributed by atoms with Crippen LogP contribution in [0.5, 0.6) is 0 Å². The van der Waals surface area contributed by atoms with Crippen LogP contribution >= 0.6 is 11.6 Å². The van der Waals surface area contributed by atoms with Crippen LogP contribution in [-0.4, -0.2) is 9.97 Å². The third-order valence-corrected chi connectivity index (χ3v) is 2.20. The molecule has 0 aliphatic rings. The van der Waals surface area contributed by atoms with E-state index in [1.807, 2.05) is 12.1 Å². The molecule has 0 atom stereocenters. The highest BCUT2D eigenvalue weighted by Crippen LogP contribution is 2.23. The molecule has 0 spiro atoms. The van der Waals surface area contributed by atoms with Gasteiger partial charge in [0.15, 0.2) is 5.15 Å². The molecule has 0 unspecified atom stereocenters. The van der Waals surface area contributed by atoms with E-state index in [9.17, 15) is 0 Å². The van der Waals surface area contributed by atoms with E-state index in [0.29, 0.717) is 10.8 Å². The van der Waals surface area contributed by atoms with Crippen molar-refractivity contribution in [1.29, 1.82) is 0 Å². The topological polar surface area (TPSA) is 51.8 Å². The summed E-state index contributed by atoms with van der Waals surface area (Å²) >= 11 is 5.72. The van der Waals surface area contributed by atoms with Gasteiger partial charge in [-0.25, -0.2) is 4.98 Å². The highest BCUT2D eigenvalue weighted by atomic mass is 35.5. The third kappa shape index (κ3) is 1.67. The number of anilines is 1. The van der Waals surface area contributed by atoms with Crippen LogP contribution in [-0.2, 0) is 0 Å². The van der Waals surface area contributed by atoms with E-state index in [2.05, 4.69) is 9.97 Å². The van der Waals surface area contributed by atoms with Gasteiger partial charge in [0, 0.05) is 24.2 Å². The number of nitrogen functional groups attached to an aromatic ring is 1. The zero-order chi connectivity index (χ0) is 9.97. The van der Waals surface area contributed by atoms with Crippen molar-refractivity contribution >= 4 is 17.3 Å². The number of rotatable bonds is 1. The molecule has 0 saturated heterocycles. The highest BCUT2D eigenvalue weighted by Gasteiger charge is 2.01. The number of pyridine rings is 2. The number of nitrogens with two attached hydrogens (primary N) is 1. The summed E-state index contributed by atoms with van der Waals surface area (Å²) in [6.07, 6.45) is 5.13. The van der Waals surface area contributed by atoms with Crippen molar-refractivity contribution in [3.05, 3.63) is 41.9 Å². The van der Waals surface area contributed by atoms with Gasteiger partial charge in [0.2, 0.25) is 0 Å². The Morgan fingerprint density at radius 2 is 1.86 bits per heavy atom. The lowest BCUT2D eigenvalue weighted by molar-refractivity contribution is 1.30. The fourth-order valence-corrected chi connectivity index (χ4v) is 1.27. The lowest BCUT2D eigenvalue weighted by atomic mass is 10.1. The molecule has 2 aromatic heterocycles. The third-order valence-electron chi connectivity index (χ3n) is 1.88. The molecule has 3 nitrogen and oxygen atoms in total. The number of hydrogen-bond donors (Lipinski definition) is 1. The summed E-state index contributed by atoms with van der Waals surface area (Å²) < 4.78 is 0. The van der Waals surface area contributed by atoms with Crippen molar-refractivity contribution in [1.82, 2.24) is 9.97 Å². The molecular formula is C10H8ClN3. The maximum atomic E-state index is 5.72. The normalized spacial score (nSPS) is 10.1. The van der Waals surface area contributed by atoms with Crippen LogP contribution in [0.4, 0.5) is 5.69 Å². The minimum absolute atomic E-state index is 0.336. The van der Waals surface area contributed by atoms with Gasteiger partial charge in [0.1, 0.15) is 0 Å². The fourth-order valence-electron chi connectivity index (χ4n) is 1.17. The Morgan fingerprint density at radius 1 is 1.14 bits per heavy atom. The van der Waals surface area contributed by atoms with Crippen LogP contribution in [0.15, 0.2) is 36.8 Å². The molecule has 0 amide bonds. The first kappa shape index (κ1) is 8.97. The molecule has 0 saturated carbocycles. The Balaban J connectivity index is 2.48. The van der Waals surface area contributed by atoms with Crippen molar-refractivity contribution in [2.45, 2.75) is 0 Å². The molecule has 0 radical (unpaired) electrons. The van der Waals surface area contributed by atoms with Gasteiger partial charge in [-0.1, -0.05) is 11.6 Å². The van der Waals surface area contributed by atoms with Crippen molar-refractivity contribution in [2.24, 2.45) is 0 Å². The van der Waals surface area contributed by atoms with Crippen LogP contribution < -0.4 is 5.73 Å². The first-order valence-electron chi connectivity index (χ1n) is 4.09. The van der Waals surface area contributed by atoms with E-state index >= 15 is 0 Å². The van der Waals surface area contributed by atoms with Gasteiger partial charge in [0.05, 0.1) is 5.69 Å². The van der Waals surface area contributed by atoms with Crippen LogP contribution in [0.2, 0.25) is 5.15 Å². The maximum absolute atomic E-state index is 5.72. The molecule has 0 fully saturated rings. The van der Waals surface area contributed by atoms with Gasteiger partial charge < -0.3 is 5.73 Å². The van der Waals surface area contributed by atoms with E-state index in [4.69, 9.17) is 17.3 Å². The van der Waals surface area contributed by atoms with Gasteiger partial charge in [-0.2, -0.15) is 0 Å². The lowest BCUT2D eigenvalue weighted by Gasteiger charge is -2.02. The summed E-state index contributed by atoms with van der Waals surface area (Å²) in [4.78, 5) is 7.91. The van der Waals surface area contributed by atoms with Crippen LogP contribution in [0.25, 0.3) is 11.1 Å². The molecule has 0 aliphatic carbocycles. The zero-order valence-corrected chi connectivity index (χ0v) is 8.07. The van der Waals surface area contributed by atoms with E-state index < -0.39 is 0 Å². The van der Waals surface area contributed by atoms with Crippen molar-refractivity contribution in [3.8, 4) is 11.1 Å².